The molecule has 4 nitrogen and oxygen atoms in total. The molecule has 2 rings (SSSR count). The molecule has 88 valence electrons. The Labute approximate surface area is 100 Å². The third-order valence-electron chi connectivity index (χ3n) is 2.58. The topological polar surface area (TPSA) is 38.1 Å². The summed E-state index contributed by atoms with van der Waals surface area (Å²) in [6, 6.07) is 11.3. The van der Waals surface area contributed by atoms with Crippen LogP contribution in [-0.4, -0.2) is 23.6 Å². The molecule has 0 spiro atoms. The Morgan fingerprint density at radius 3 is 2.41 bits per heavy atom. The molecular formula is C13H15N3O. The van der Waals surface area contributed by atoms with Crippen LogP contribution in [-0.2, 0) is 7.05 Å². The van der Waals surface area contributed by atoms with Crippen LogP contribution in [0.2, 0.25) is 0 Å². The Bertz CT molecular complexity index is 573. The zero-order valence-electron chi connectivity index (χ0n) is 10.2. The van der Waals surface area contributed by atoms with Gasteiger partial charge in [-0.1, -0.05) is 30.3 Å². The summed E-state index contributed by atoms with van der Waals surface area (Å²) in [5.41, 5.74) is 1.60. The Kier molecular flexibility index (Phi) is 2.95. The van der Waals surface area contributed by atoms with Gasteiger partial charge in [-0.2, -0.15) is 0 Å². The maximum absolute atomic E-state index is 11.8. The molecule has 1 heterocycles. The molecule has 0 saturated heterocycles. The second kappa shape index (κ2) is 4.41. The second-order valence-corrected chi connectivity index (χ2v) is 4.10. The minimum Gasteiger partial charge on any atom is -0.348 e. The summed E-state index contributed by atoms with van der Waals surface area (Å²) in [6.07, 6.45) is 0. The van der Waals surface area contributed by atoms with Gasteiger partial charge in [-0.15, -0.1) is 0 Å². The first kappa shape index (κ1) is 11.4. The summed E-state index contributed by atoms with van der Waals surface area (Å²) < 4.78 is 1.53. The average Bonchev–Trinajstić information content (AvgIpc) is 2.33. The first-order valence-corrected chi connectivity index (χ1v) is 5.40. The van der Waals surface area contributed by atoms with E-state index in [1.165, 1.54) is 4.57 Å². The van der Waals surface area contributed by atoms with Gasteiger partial charge < -0.3 is 4.90 Å². The zero-order chi connectivity index (χ0) is 12.4. The molecule has 0 atom stereocenters. The maximum Gasteiger partial charge on any atom is 0.255 e. The number of nitrogens with zero attached hydrogens (tertiary/aromatic N) is 3. The van der Waals surface area contributed by atoms with Gasteiger partial charge in [0, 0.05) is 32.8 Å². The number of benzene rings is 1. The van der Waals surface area contributed by atoms with Crippen LogP contribution in [0.5, 0.6) is 0 Å². The van der Waals surface area contributed by atoms with Crippen molar-refractivity contribution in [2.45, 2.75) is 0 Å². The molecule has 2 aromatic rings. The van der Waals surface area contributed by atoms with Crippen LogP contribution < -0.4 is 10.5 Å². The predicted octanol–water partition coefficient (Wildman–Crippen LogP) is 1.51. The minimum atomic E-state index is -0.0532. The van der Waals surface area contributed by atoms with Gasteiger partial charge in [0.05, 0.1) is 5.69 Å². The third-order valence-corrected chi connectivity index (χ3v) is 2.58. The molecule has 0 aliphatic heterocycles. The highest BCUT2D eigenvalue weighted by Crippen LogP contribution is 2.16. The lowest BCUT2D eigenvalue weighted by atomic mass is 10.1. The van der Waals surface area contributed by atoms with Crippen LogP contribution in [0.15, 0.2) is 41.2 Å². The molecule has 0 bridgehead atoms. The number of rotatable bonds is 2. The first-order valence-electron chi connectivity index (χ1n) is 5.40. The monoisotopic (exact) mass is 229 g/mol. The van der Waals surface area contributed by atoms with Gasteiger partial charge >= 0.3 is 0 Å². The molecule has 1 aromatic carbocycles. The molecule has 0 aliphatic carbocycles. The fraction of sp³-hybridized carbons (Fsp3) is 0.231. The highest BCUT2D eigenvalue weighted by molar-refractivity contribution is 5.59. The quantitative estimate of drug-likeness (QED) is 0.783. The highest BCUT2D eigenvalue weighted by atomic mass is 16.1. The van der Waals surface area contributed by atoms with Crippen molar-refractivity contribution in [3.8, 4) is 11.3 Å². The van der Waals surface area contributed by atoms with Crippen molar-refractivity contribution in [2.24, 2.45) is 7.05 Å². The predicted molar refractivity (Wildman–Crippen MR) is 69.2 cm³/mol. The van der Waals surface area contributed by atoms with Gasteiger partial charge in [-0.3, -0.25) is 9.36 Å². The van der Waals surface area contributed by atoms with E-state index in [2.05, 4.69) is 4.98 Å². The Morgan fingerprint density at radius 2 is 1.82 bits per heavy atom. The summed E-state index contributed by atoms with van der Waals surface area (Å²) in [4.78, 5) is 18.2. The minimum absolute atomic E-state index is 0.0532. The normalized spacial score (nSPS) is 10.3. The van der Waals surface area contributed by atoms with E-state index < -0.39 is 0 Å². The summed E-state index contributed by atoms with van der Waals surface area (Å²) >= 11 is 0. The number of hydrogen-bond acceptors (Lipinski definition) is 3. The average molecular weight is 229 g/mol. The van der Waals surface area contributed by atoms with E-state index >= 15 is 0 Å². The number of hydrogen-bond donors (Lipinski definition) is 0. The summed E-state index contributed by atoms with van der Waals surface area (Å²) in [5, 5.41) is 0. The van der Waals surface area contributed by atoms with E-state index in [0.29, 0.717) is 11.6 Å². The molecule has 1 aromatic heterocycles. The maximum atomic E-state index is 11.8. The summed E-state index contributed by atoms with van der Waals surface area (Å²) in [6.45, 7) is 0. The zero-order valence-corrected chi connectivity index (χ0v) is 10.2. The first-order chi connectivity index (χ1) is 8.09. The van der Waals surface area contributed by atoms with Crippen LogP contribution in [0, 0.1) is 0 Å². The molecular weight excluding hydrogens is 214 g/mol. The van der Waals surface area contributed by atoms with Gasteiger partial charge in [0.15, 0.2) is 0 Å². The largest absolute Gasteiger partial charge is 0.348 e. The highest BCUT2D eigenvalue weighted by Gasteiger charge is 2.08. The van der Waals surface area contributed by atoms with E-state index in [1.807, 2.05) is 49.3 Å². The Morgan fingerprint density at radius 1 is 1.18 bits per heavy atom. The van der Waals surface area contributed by atoms with E-state index in [4.69, 9.17) is 0 Å². The number of aromatic nitrogens is 2. The number of anilines is 1. The summed E-state index contributed by atoms with van der Waals surface area (Å²) in [7, 11) is 5.46. The lowest BCUT2D eigenvalue weighted by molar-refractivity contribution is 0.797. The molecule has 0 saturated carbocycles. The van der Waals surface area contributed by atoms with Crippen LogP contribution in [0.1, 0.15) is 0 Å². The van der Waals surface area contributed by atoms with E-state index in [9.17, 15) is 4.79 Å². The molecule has 0 amide bonds. The van der Waals surface area contributed by atoms with Crippen molar-refractivity contribution < 1.29 is 0 Å². The summed E-state index contributed by atoms with van der Waals surface area (Å²) in [5.74, 6) is 0.649. The Hall–Kier alpha value is -2.10. The Balaban J connectivity index is 2.62. The van der Waals surface area contributed by atoms with E-state index in [0.717, 1.165) is 5.56 Å². The SMILES string of the molecule is CN(C)c1nc(-c2ccccc2)cc(=O)n1C. The smallest absolute Gasteiger partial charge is 0.255 e. The van der Waals surface area contributed by atoms with E-state index in [1.54, 1.807) is 13.1 Å². The second-order valence-electron chi connectivity index (χ2n) is 4.10. The molecule has 4 heteroatoms. The van der Waals surface area contributed by atoms with Gasteiger partial charge in [0.25, 0.3) is 5.56 Å². The van der Waals surface area contributed by atoms with Crippen LogP contribution >= 0.6 is 0 Å². The molecule has 0 unspecified atom stereocenters. The fourth-order valence-corrected chi connectivity index (χ4v) is 1.68. The van der Waals surface area contributed by atoms with Gasteiger partial charge in [-0.05, 0) is 0 Å². The lowest BCUT2D eigenvalue weighted by Crippen LogP contribution is -2.25. The molecule has 17 heavy (non-hydrogen) atoms. The van der Waals surface area contributed by atoms with Crippen molar-refractivity contribution in [2.75, 3.05) is 19.0 Å². The molecule has 0 radical (unpaired) electrons. The van der Waals surface area contributed by atoms with Crippen molar-refractivity contribution in [1.82, 2.24) is 9.55 Å². The van der Waals surface area contributed by atoms with Crippen molar-refractivity contribution in [3.63, 3.8) is 0 Å². The van der Waals surface area contributed by atoms with Crippen molar-refractivity contribution in [3.05, 3.63) is 46.8 Å². The fourth-order valence-electron chi connectivity index (χ4n) is 1.68. The van der Waals surface area contributed by atoms with Crippen LogP contribution in [0.3, 0.4) is 0 Å². The standard InChI is InChI=1S/C13H15N3O/c1-15(2)13-14-11(9-12(17)16(13)3)10-7-5-4-6-8-10/h4-9H,1-3H3. The molecule has 0 N–H and O–H groups in total. The van der Waals surface area contributed by atoms with Gasteiger partial charge in [0.1, 0.15) is 0 Å². The molecule has 0 fully saturated rings. The third kappa shape index (κ3) is 2.20. The van der Waals surface area contributed by atoms with Gasteiger partial charge in [0.2, 0.25) is 5.95 Å². The van der Waals surface area contributed by atoms with Crippen molar-refractivity contribution >= 4 is 5.95 Å². The van der Waals surface area contributed by atoms with Gasteiger partial charge in [-0.25, -0.2) is 4.98 Å². The lowest BCUT2D eigenvalue weighted by Gasteiger charge is -2.16. The molecule has 0 aliphatic rings. The van der Waals surface area contributed by atoms with Crippen LogP contribution in [0.25, 0.3) is 11.3 Å². The van der Waals surface area contributed by atoms with Crippen molar-refractivity contribution in [1.29, 1.82) is 0 Å². The van der Waals surface area contributed by atoms with E-state index in [-0.39, 0.29) is 5.56 Å². The van der Waals surface area contributed by atoms with Crippen LogP contribution in [0.4, 0.5) is 5.95 Å².